The Hall–Kier alpha value is -1.56. The average molecular weight is 296 g/mol. The normalized spacial score (nSPS) is 14.4. The molecule has 0 saturated carbocycles. The number of likely N-dealkylation sites (N-methyl/N-ethyl adjacent to an activating group) is 1. The number of carbonyl (C=O) groups excluding carboxylic acids is 2. The van der Waals surface area contributed by atoms with Gasteiger partial charge in [0.1, 0.15) is 5.82 Å². The molecular formula is C14H17FN2O2S. The summed E-state index contributed by atoms with van der Waals surface area (Å²) < 4.78 is 13.1. The van der Waals surface area contributed by atoms with E-state index in [9.17, 15) is 14.0 Å². The molecule has 1 aliphatic heterocycles. The molecule has 0 aromatic heterocycles. The van der Waals surface area contributed by atoms with Gasteiger partial charge in [0.15, 0.2) is 0 Å². The molecule has 4 nitrogen and oxygen atoms in total. The largest absolute Gasteiger partial charge is 0.341 e. The summed E-state index contributed by atoms with van der Waals surface area (Å²) in [5.41, 5.74) is 0.327. The molecular weight excluding hydrogens is 279 g/mol. The highest BCUT2D eigenvalue weighted by molar-refractivity contribution is 7.80. The van der Waals surface area contributed by atoms with Gasteiger partial charge >= 0.3 is 0 Å². The maximum Gasteiger partial charge on any atom is 0.254 e. The standard InChI is InChI=1S/C14H17FN2O2S/c1-16(9-13(18)17-6-2-3-7-17)14(19)10-4-5-11(15)12(20)8-10/h4-5,8,20H,2-3,6-7,9H2,1H3. The van der Waals surface area contributed by atoms with Gasteiger partial charge < -0.3 is 9.80 Å². The molecule has 1 fully saturated rings. The second-order valence-corrected chi connectivity index (χ2v) is 5.40. The van der Waals surface area contributed by atoms with Crippen LogP contribution in [0.4, 0.5) is 4.39 Å². The number of hydrogen-bond acceptors (Lipinski definition) is 3. The first-order valence-electron chi connectivity index (χ1n) is 6.51. The molecule has 0 unspecified atom stereocenters. The molecule has 0 radical (unpaired) electrons. The van der Waals surface area contributed by atoms with Gasteiger partial charge in [-0.05, 0) is 31.0 Å². The Morgan fingerprint density at radius 1 is 1.35 bits per heavy atom. The highest BCUT2D eigenvalue weighted by Gasteiger charge is 2.22. The van der Waals surface area contributed by atoms with Gasteiger partial charge in [0, 0.05) is 30.6 Å². The van der Waals surface area contributed by atoms with Gasteiger partial charge in [-0.15, -0.1) is 12.6 Å². The number of thiol groups is 1. The van der Waals surface area contributed by atoms with E-state index >= 15 is 0 Å². The lowest BCUT2D eigenvalue weighted by Gasteiger charge is -2.21. The summed E-state index contributed by atoms with van der Waals surface area (Å²) >= 11 is 3.95. The van der Waals surface area contributed by atoms with Crippen LogP contribution in [0.2, 0.25) is 0 Å². The molecule has 0 aliphatic carbocycles. The summed E-state index contributed by atoms with van der Waals surface area (Å²) in [6.07, 6.45) is 2.04. The SMILES string of the molecule is CN(CC(=O)N1CCCC1)C(=O)c1ccc(F)c(S)c1. The minimum Gasteiger partial charge on any atom is -0.341 e. The van der Waals surface area contributed by atoms with E-state index in [4.69, 9.17) is 0 Å². The van der Waals surface area contributed by atoms with Crippen LogP contribution in [0.1, 0.15) is 23.2 Å². The summed E-state index contributed by atoms with van der Waals surface area (Å²) in [5.74, 6) is -0.833. The van der Waals surface area contributed by atoms with E-state index in [1.165, 1.54) is 23.1 Å². The van der Waals surface area contributed by atoms with Gasteiger partial charge in [0.25, 0.3) is 5.91 Å². The molecule has 20 heavy (non-hydrogen) atoms. The van der Waals surface area contributed by atoms with Gasteiger partial charge in [0.05, 0.1) is 6.54 Å². The zero-order valence-corrected chi connectivity index (χ0v) is 12.2. The van der Waals surface area contributed by atoms with Crippen LogP contribution < -0.4 is 0 Å². The van der Waals surface area contributed by atoms with E-state index in [2.05, 4.69) is 12.6 Å². The van der Waals surface area contributed by atoms with Crippen molar-refractivity contribution in [1.29, 1.82) is 0 Å². The van der Waals surface area contributed by atoms with Crippen molar-refractivity contribution in [2.45, 2.75) is 17.7 Å². The molecule has 2 amide bonds. The molecule has 1 aromatic rings. The summed E-state index contributed by atoms with van der Waals surface area (Å²) in [7, 11) is 1.57. The topological polar surface area (TPSA) is 40.6 Å². The van der Waals surface area contributed by atoms with Crippen molar-refractivity contribution in [3.8, 4) is 0 Å². The minimum atomic E-state index is -0.472. The van der Waals surface area contributed by atoms with Crippen molar-refractivity contribution < 1.29 is 14.0 Å². The van der Waals surface area contributed by atoms with E-state index in [-0.39, 0.29) is 23.3 Å². The van der Waals surface area contributed by atoms with Crippen molar-refractivity contribution in [3.05, 3.63) is 29.6 Å². The number of likely N-dealkylation sites (tertiary alicyclic amines) is 1. The van der Waals surface area contributed by atoms with Crippen LogP contribution >= 0.6 is 12.6 Å². The minimum absolute atomic E-state index is 0.0398. The van der Waals surface area contributed by atoms with Crippen molar-refractivity contribution in [2.24, 2.45) is 0 Å². The van der Waals surface area contributed by atoms with Crippen molar-refractivity contribution in [2.75, 3.05) is 26.7 Å². The van der Waals surface area contributed by atoms with E-state index in [1.807, 2.05) is 0 Å². The molecule has 1 aliphatic rings. The Kier molecular flexibility index (Phi) is 4.65. The third-order valence-electron chi connectivity index (χ3n) is 3.37. The van der Waals surface area contributed by atoms with Gasteiger partial charge in [-0.1, -0.05) is 0 Å². The number of hydrogen-bond donors (Lipinski definition) is 1. The quantitative estimate of drug-likeness (QED) is 0.864. The summed E-state index contributed by atoms with van der Waals surface area (Å²) in [6.45, 7) is 1.56. The molecule has 1 heterocycles. The van der Waals surface area contributed by atoms with Crippen LogP contribution in [-0.2, 0) is 4.79 Å². The summed E-state index contributed by atoms with van der Waals surface area (Å²) in [6, 6.07) is 3.97. The van der Waals surface area contributed by atoms with Crippen LogP contribution in [0.15, 0.2) is 23.1 Å². The number of benzene rings is 1. The molecule has 0 spiro atoms. The third kappa shape index (κ3) is 3.30. The number of rotatable bonds is 3. The molecule has 6 heteroatoms. The van der Waals surface area contributed by atoms with E-state index in [0.717, 1.165) is 25.9 Å². The smallest absolute Gasteiger partial charge is 0.254 e. The van der Waals surface area contributed by atoms with Crippen LogP contribution in [0.3, 0.4) is 0 Å². The van der Waals surface area contributed by atoms with E-state index < -0.39 is 5.82 Å². The van der Waals surface area contributed by atoms with Gasteiger partial charge in [-0.25, -0.2) is 4.39 Å². The molecule has 1 aromatic carbocycles. The van der Waals surface area contributed by atoms with Crippen molar-refractivity contribution >= 4 is 24.4 Å². The Bertz CT molecular complexity index is 530. The first-order valence-corrected chi connectivity index (χ1v) is 6.95. The summed E-state index contributed by atoms with van der Waals surface area (Å²) in [5, 5.41) is 0. The Morgan fingerprint density at radius 2 is 2.00 bits per heavy atom. The Labute approximate surface area is 123 Å². The van der Waals surface area contributed by atoms with Crippen LogP contribution in [0, 0.1) is 5.82 Å². The van der Waals surface area contributed by atoms with Gasteiger partial charge in [0.2, 0.25) is 5.91 Å². The lowest BCUT2D eigenvalue weighted by atomic mass is 10.2. The van der Waals surface area contributed by atoms with Crippen LogP contribution in [0.5, 0.6) is 0 Å². The van der Waals surface area contributed by atoms with Crippen molar-refractivity contribution in [3.63, 3.8) is 0 Å². The lowest BCUT2D eigenvalue weighted by molar-refractivity contribution is -0.130. The number of nitrogens with zero attached hydrogens (tertiary/aromatic N) is 2. The fourth-order valence-electron chi connectivity index (χ4n) is 2.21. The number of amides is 2. The van der Waals surface area contributed by atoms with E-state index in [1.54, 1.807) is 11.9 Å². The fraction of sp³-hybridized carbons (Fsp3) is 0.429. The zero-order valence-electron chi connectivity index (χ0n) is 11.3. The molecule has 0 bridgehead atoms. The maximum atomic E-state index is 13.1. The first-order chi connectivity index (χ1) is 9.49. The van der Waals surface area contributed by atoms with Gasteiger partial charge in [-0.2, -0.15) is 0 Å². The predicted molar refractivity (Wildman–Crippen MR) is 76.4 cm³/mol. The summed E-state index contributed by atoms with van der Waals surface area (Å²) in [4.78, 5) is 27.4. The zero-order chi connectivity index (χ0) is 14.7. The molecule has 2 rings (SSSR count). The molecule has 108 valence electrons. The predicted octanol–water partition coefficient (Wildman–Crippen LogP) is 1.81. The van der Waals surface area contributed by atoms with E-state index in [0.29, 0.717) is 5.56 Å². The third-order valence-corrected chi connectivity index (χ3v) is 3.71. The first kappa shape index (κ1) is 14.8. The second kappa shape index (κ2) is 6.26. The van der Waals surface area contributed by atoms with Crippen molar-refractivity contribution in [1.82, 2.24) is 9.80 Å². The number of halogens is 1. The number of carbonyl (C=O) groups is 2. The Balaban J connectivity index is 2.00. The molecule has 0 atom stereocenters. The van der Waals surface area contributed by atoms with Crippen LogP contribution in [0.25, 0.3) is 0 Å². The Morgan fingerprint density at radius 3 is 2.60 bits per heavy atom. The second-order valence-electron chi connectivity index (χ2n) is 4.92. The van der Waals surface area contributed by atoms with Gasteiger partial charge in [-0.3, -0.25) is 9.59 Å². The highest BCUT2D eigenvalue weighted by atomic mass is 32.1. The average Bonchev–Trinajstić information content (AvgIpc) is 2.95. The van der Waals surface area contributed by atoms with Crippen LogP contribution in [-0.4, -0.2) is 48.3 Å². The highest BCUT2D eigenvalue weighted by Crippen LogP contribution is 2.15. The maximum absolute atomic E-state index is 13.1. The fourth-order valence-corrected chi connectivity index (χ4v) is 2.42. The monoisotopic (exact) mass is 296 g/mol. The molecule has 0 N–H and O–H groups in total. The molecule has 1 saturated heterocycles. The lowest BCUT2D eigenvalue weighted by Crippen LogP contribution is -2.39.